The maximum Gasteiger partial charge on any atom is 0.318 e. The topological polar surface area (TPSA) is 109 Å². The highest BCUT2D eigenvalue weighted by Crippen LogP contribution is 2.41. The molecule has 0 saturated carbocycles. The summed E-state index contributed by atoms with van der Waals surface area (Å²) < 4.78 is 74.6. The zero-order valence-electron chi connectivity index (χ0n) is 21.2. The van der Waals surface area contributed by atoms with Crippen molar-refractivity contribution < 1.29 is 30.8 Å². The van der Waals surface area contributed by atoms with E-state index in [0.717, 1.165) is 6.07 Å². The predicted molar refractivity (Wildman–Crippen MR) is 141 cm³/mol. The van der Waals surface area contributed by atoms with Crippen molar-refractivity contribution in [2.75, 3.05) is 35.2 Å². The molecular formula is C26H25ClF3N5O4S. The number of fused-ring (bicyclic) bond motifs is 1. The number of nitrogens with zero attached hydrogens (tertiary/aromatic N) is 4. The Morgan fingerprint density at radius 2 is 1.82 bits per heavy atom. The third kappa shape index (κ3) is 5.06. The van der Waals surface area contributed by atoms with Crippen molar-refractivity contribution in [3.05, 3.63) is 52.8 Å². The van der Waals surface area contributed by atoms with Gasteiger partial charge in [-0.05, 0) is 42.7 Å². The Hall–Kier alpha value is -3.16. The fourth-order valence-corrected chi connectivity index (χ4v) is 7.14. The molecule has 6 rings (SSSR count). The van der Waals surface area contributed by atoms with E-state index in [0.29, 0.717) is 36.5 Å². The monoisotopic (exact) mass is 595 g/mol. The minimum atomic E-state index is -3.95. The number of amides is 1. The summed E-state index contributed by atoms with van der Waals surface area (Å²) in [5.41, 5.74) is -0.0838. The zero-order valence-corrected chi connectivity index (χ0v) is 22.7. The number of hydrogen-bond donors (Lipinski definition) is 1. The Labute approximate surface area is 233 Å². The highest BCUT2D eigenvalue weighted by Gasteiger charge is 2.50. The van der Waals surface area contributed by atoms with Gasteiger partial charge < -0.3 is 19.5 Å². The summed E-state index contributed by atoms with van der Waals surface area (Å²) in [6.07, 6.45) is 0.418. The summed E-state index contributed by atoms with van der Waals surface area (Å²) in [4.78, 5) is 15.8. The average molecular weight is 596 g/mol. The standard InChI is InChI=1S/C26H25ClF3N5O4S/c27-17-3-1-16(2-4-17)13-35-20-11-18(19(28)12-21(20)40(37,38)10-5-22(35)36)23-32-33-24(39-23)34-8-6-25(7-9-34)14-26(29,30)15-31-25/h1-4,11-12,31H,5-10,13-15H2. The predicted octanol–water partition coefficient (Wildman–Crippen LogP) is 4.21. The molecule has 9 nitrogen and oxygen atoms in total. The van der Waals surface area contributed by atoms with Crippen molar-refractivity contribution >= 4 is 39.0 Å². The molecule has 14 heteroatoms. The molecule has 0 bridgehead atoms. The zero-order chi connectivity index (χ0) is 28.3. The largest absolute Gasteiger partial charge is 0.403 e. The molecule has 4 heterocycles. The van der Waals surface area contributed by atoms with Crippen molar-refractivity contribution in [3.63, 3.8) is 0 Å². The molecule has 0 unspecified atom stereocenters. The molecule has 3 aliphatic heterocycles. The minimum absolute atomic E-state index is 0.0155. The van der Waals surface area contributed by atoms with Gasteiger partial charge in [0.2, 0.25) is 5.91 Å². The molecule has 1 aromatic heterocycles. The van der Waals surface area contributed by atoms with Gasteiger partial charge in [-0.15, -0.1) is 5.10 Å². The van der Waals surface area contributed by atoms with Gasteiger partial charge in [0, 0.05) is 36.5 Å². The summed E-state index contributed by atoms with van der Waals surface area (Å²) in [7, 11) is -3.95. The van der Waals surface area contributed by atoms with Crippen molar-refractivity contribution in [2.24, 2.45) is 0 Å². The van der Waals surface area contributed by atoms with Gasteiger partial charge in [-0.25, -0.2) is 21.6 Å². The summed E-state index contributed by atoms with van der Waals surface area (Å²) >= 11 is 5.97. The molecule has 1 spiro atoms. The van der Waals surface area contributed by atoms with Crippen molar-refractivity contribution in [2.45, 2.75) is 48.6 Å². The fourth-order valence-electron chi connectivity index (χ4n) is 5.58. The van der Waals surface area contributed by atoms with Gasteiger partial charge in [0.1, 0.15) is 5.82 Å². The van der Waals surface area contributed by atoms with E-state index in [4.69, 9.17) is 16.0 Å². The number of sulfone groups is 1. The number of rotatable bonds is 4. The Bertz CT molecular complexity index is 1570. The van der Waals surface area contributed by atoms with Crippen LogP contribution >= 0.6 is 11.6 Å². The highest BCUT2D eigenvalue weighted by atomic mass is 35.5. The van der Waals surface area contributed by atoms with E-state index < -0.39 is 38.8 Å². The van der Waals surface area contributed by atoms with Crippen LogP contribution in [0.15, 0.2) is 45.7 Å². The normalized spacial score (nSPS) is 21.4. The number of anilines is 2. The fraction of sp³-hybridized carbons (Fsp3) is 0.423. The first kappa shape index (κ1) is 27.0. The molecule has 212 valence electrons. The molecule has 40 heavy (non-hydrogen) atoms. The number of carbonyl (C=O) groups is 1. The van der Waals surface area contributed by atoms with Gasteiger partial charge >= 0.3 is 6.01 Å². The number of benzene rings is 2. The quantitative estimate of drug-likeness (QED) is 0.478. The summed E-state index contributed by atoms with van der Waals surface area (Å²) in [6, 6.07) is 8.98. The number of carbonyl (C=O) groups excluding carboxylic acids is 1. The molecule has 0 atom stereocenters. The van der Waals surface area contributed by atoms with Crippen LogP contribution in [0.4, 0.5) is 24.9 Å². The summed E-state index contributed by atoms with van der Waals surface area (Å²) in [6.45, 7) is 0.474. The van der Waals surface area contributed by atoms with Crippen molar-refractivity contribution in [1.29, 1.82) is 0 Å². The second-order valence-corrected chi connectivity index (χ2v) is 13.0. The smallest absolute Gasteiger partial charge is 0.318 e. The number of hydrogen-bond acceptors (Lipinski definition) is 8. The van der Waals surface area contributed by atoms with Crippen LogP contribution in [0.25, 0.3) is 11.5 Å². The van der Waals surface area contributed by atoms with Gasteiger partial charge in [-0.3, -0.25) is 4.79 Å². The Kier molecular flexibility index (Phi) is 6.58. The van der Waals surface area contributed by atoms with Gasteiger partial charge in [-0.2, -0.15) is 0 Å². The van der Waals surface area contributed by atoms with Crippen molar-refractivity contribution in [1.82, 2.24) is 15.5 Å². The molecule has 0 aliphatic carbocycles. The lowest BCUT2D eigenvalue weighted by Crippen LogP contribution is -2.50. The molecule has 1 N–H and O–H groups in total. The molecule has 2 saturated heterocycles. The first-order valence-electron chi connectivity index (χ1n) is 12.8. The molecule has 1 amide bonds. The Morgan fingerprint density at radius 1 is 1.10 bits per heavy atom. The average Bonchev–Trinajstić information content (AvgIpc) is 3.50. The first-order chi connectivity index (χ1) is 18.9. The van der Waals surface area contributed by atoms with Crippen LogP contribution in [0.1, 0.15) is 31.2 Å². The van der Waals surface area contributed by atoms with Crippen LogP contribution in [0.3, 0.4) is 0 Å². The molecule has 0 radical (unpaired) electrons. The molecule has 3 aliphatic rings. The second kappa shape index (κ2) is 9.74. The van der Waals surface area contributed by atoms with Crippen LogP contribution < -0.4 is 15.1 Å². The van der Waals surface area contributed by atoms with Gasteiger partial charge in [0.25, 0.3) is 11.8 Å². The third-order valence-electron chi connectivity index (χ3n) is 7.77. The van der Waals surface area contributed by atoms with E-state index >= 15 is 4.39 Å². The van der Waals surface area contributed by atoms with E-state index in [1.54, 1.807) is 29.2 Å². The van der Waals surface area contributed by atoms with Crippen LogP contribution in [-0.4, -0.2) is 61.4 Å². The lowest BCUT2D eigenvalue weighted by molar-refractivity contribution is -0.118. The molecular weight excluding hydrogens is 571 g/mol. The molecule has 2 aromatic carbocycles. The molecule has 3 aromatic rings. The molecule has 2 fully saturated rings. The van der Waals surface area contributed by atoms with Gasteiger partial charge in [0.05, 0.1) is 35.0 Å². The summed E-state index contributed by atoms with van der Waals surface area (Å²) in [5, 5.41) is 11.5. The van der Waals surface area contributed by atoms with Crippen LogP contribution in [0.5, 0.6) is 0 Å². The maximum absolute atomic E-state index is 15.4. The number of nitrogens with one attached hydrogen (secondary N) is 1. The first-order valence-corrected chi connectivity index (χ1v) is 14.8. The number of alkyl halides is 2. The van der Waals surface area contributed by atoms with Gasteiger partial charge in [-0.1, -0.05) is 28.8 Å². The van der Waals surface area contributed by atoms with E-state index in [-0.39, 0.29) is 54.0 Å². The van der Waals surface area contributed by atoms with E-state index in [9.17, 15) is 22.0 Å². The van der Waals surface area contributed by atoms with Crippen LogP contribution in [0.2, 0.25) is 5.02 Å². The van der Waals surface area contributed by atoms with E-state index in [1.807, 2.05) is 0 Å². The number of aromatic nitrogens is 2. The lowest BCUT2D eigenvalue weighted by atomic mass is 9.85. The SMILES string of the molecule is O=C1CCS(=O)(=O)c2cc(F)c(-c3nnc(N4CCC5(CC4)CC(F)(F)CN5)o3)cc2N1Cc1ccc(Cl)cc1. The van der Waals surface area contributed by atoms with Crippen LogP contribution in [0, 0.1) is 5.82 Å². The van der Waals surface area contributed by atoms with Crippen LogP contribution in [-0.2, 0) is 21.2 Å². The number of piperidine rings is 1. The number of halogens is 4. The maximum atomic E-state index is 15.4. The van der Waals surface area contributed by atoms with Crippen molar-refractivity contribution in [3.8, 4) is 11.5 Å². The Morgan fingerprint density at radius 3 is 2.50 bits per heavy atom. The lowest BCUT2D eigenvalue weighted by Gasteiger charge is -2.38. The third-order valence-corrected chi connectivity index (χ3v) is 9.76. The Balaban J connectivity index is 1.30. The minimum Gasteiger partial charge on any atom is -0.403 e. The van der Waals surface area contributed by atoms with E-state index in [2.05, 4.69) is 15.5 Å². The highest BCUT2D eigenvalue weighted by molar-refractivity contribution is 7.91. The van der Waals surface area contributed by atoms with Gasteiger partial charge in [0.15, 0.2) is 9.84 Å². The summed E-state index contributed by atoms with van der Waals surface area (Å²) in [5.74, 6) is -4.71. The van der Waals surface area contributed by atoms with E-state index in [1.165, 1.54) is 11.0 Å². The second-order valence-electron chi connectivity index (χ2n) is 10.5.